The first-order valence-corrected chi connectivity index (χ1v) is 8.31. The van der Waals surface area contributed by atoms with E-state index in [0.717, 1.165) is 27.4 Å². The highest BCUT2D eigenvalue weighted by Gasteiger charge is 2.25. The van der Waals surface area contributed by atoms with E-state index in [0.29, 0.717) is 10.6 Å². The molecule has 1 aromatic carbocycles. The number of nitrogens with one attached hydrogen (secondary N) is 1. The second-order valence-corrected chi connectivity index (χ2v) is 7.09. The molecule has 0 saturated carbocycles. The van der Waals surface area contributed by atoms with Crippen LogP contribution in [-0.4, -0.2) is 11.4 Å². The Balaban J connectivity index is 2.41. The van der Waals surface area contributed by atoms with Crippen LogP contribution < -0.4 is 11.1 Å². The number of anilines is 1. The molecule has 3 N–H and O–H groups in total. The summed E-state index contributed by atoms with van der Waals surface area (Å²) in [6.45, 7) is 6.22. The van der Waals surface area contributed by atoms with E-state index in [1.54, 1.807) is 0 Å². The highest BCUT2D eigenvalue weighted by molar-refractivity contribution is 9.10. The maximum atomic E-state index is 12.5. The van der Waals surface area contributed by atoms with Gasteiger partial charge in [-0.1, -0.05) is 35.8 Å². The lowest BCUT2D eigenvalue weighted by Crippen LogP contribution is -2.44. The number of hydrogen-bond acceptors (Lipinski definition) is 3. The van der Waals surface area contributed by atoms with Crippen molar-refractivity contribution in [3.8, 4) is 0 Å². The molecule has 2 aromatic rings. The summed E-state index contributed by atoms with van der Waals surface area (Å²) in [6.07, 6.45) is 1.79. The molecule has 0 aliphatic carbocycles. The fraction of sp³-hybridized carbons (Fsp3) is 0.400. The van der Waals surface area contributed by atoms with E-state index >= 15 is 0 Å². The second-order valence-electron chi connectivity index (χ2n) is 5.18. The van der Waals surface area contributed by atoms with Crippen molar-refractivity contribution >= 4 is 48.9 Å². The van der Waals surface area contributed by atoms with Gasteiger partial charge in [0.25, 0.3) is 5.91 Å². The van der Waals surface area contributed by atoms with Gasteiger partial charge in [0.2, 0.25) is 0 Å². The number of halogens is 1. The third kappa shape index (κ3) is 2.69. The molecule has 0 aliphatic heterocycles. The summed E-state index contributed by atoms with van der Waals surface area (Å²) < 4.78 is 1.95. The first-order valence-electron chi connectivity index (χ1n) is 6.71. The zero-order chi connectivity index (χ0) is 14.9. The SMILES string of the molecule is CCC(C)(CC)NC(=O)c1sc2cccc(Br)c2c1N. The highest BCUT2D eigenvalue weighted by atomic mass is 79.9. The quantitative estimate of drug-likeness (QED) is 0.845. The molecule has 20 heavy (non-hydrogen) atoms. The van der Waals surface area contributed by atoms with Gasteiger partial charge in [0, 0.05) is 20.1 Å². The summed E-state index contributed by atoms with van der Waals surface area (Å²) in [5.41, 5.74) is 6.54. The Morgan fingerprint density at radius 2 is 2.05 bits per heavy atom. The van der Waals surface area contributed by atoms with Gasteiger partial charge >= 0.3 is 0 Å². The Morgan fingerprint density at radius 3 is 2.60 bits per heavy atom. The maximum absolute atomic E-state index is 12.5. The third-order valence-electron chi connectivity index (χ3n) is 3.88. The number of carbonyl (C=O) groups is 1. The molecule has 108 valence electrons. The molecule has 0 spiro atoms. The number of rotatable bonds is 4. The largest absolute Gasteiger partial charge is 0.397 e. The van der Waals surface area contributed by atoms with Crippen molar-refractivity contribution in [1.29, 1.82) is 0 Å². The number of thiophene rings is 1. The lowest BCUT2D eigenvalue weighted by Gasteiger charge is -2.28. The van der Waals surface area contributed by atoms with Crippen LogP contribution in [0.4, 0.5) is 5.69 Å². The van der Waals surface area contributed by atoms with E-state index < -0.39 is 0 Å². The van der Waals surface area contributed by atoms with Gasteiger partial charge in [0.1, 0.15) is 4.88 Å². The molecule has 5 heteroatoms. The van der Waals surface area contributed by atoms with Crippen LogP contribution in [0.5, 0.6) is 0 Å². The summed E-state index contributed by atoms with van der Waals surface area (Å²) in [5, 5.41) is 4.03. The summed E-state index contributed by atoms with van der Waals surface area (Å²) in [7, 11) is 0. The van der Waals surface area contributed by atoms with Crippen molar-refractivity contribution < 1.29 is 4.79 Å². The lowest BCUT2D eigenvalue weighted by atomic mass is 9.95. The van der Waals surface area contributed by atoms with Crippen molar-refractivity contribution in [2.75, 3.05) is 5.73 Å². The Morgan fingerprint density at radius 1 is 1.40 bits per heavy atom. The van der Waals surface area contributed by atoms with Crippen LogP contribution in [-0.2, 0) is 0 Å². The molecular formula is C15H19BrN2OS. The van der Waals surface area contributed by atoms with Gasteiger partial charge in [0.15, 0.2) is 0 Å². The Labute approximate surface area is 131 Å². The number of amides is 1. The summed E-state index contributed by atoms with van der Waals surface area (Å²) >= 11 is 4.93. The van der Waals surface area contributed by atoms with Crippen molar-refractivity contribution in [3.05, 3.63) is 27.5 Å². The first-order chi connectivity index (χ1) is 9.41. The summed E-state index contributed by atoms with van der Waals surface area (Å²) in [4.78, 5) is 13.1. The average Bonchev–Trinajstić information content (AvgIpc) is 2.77. The van der Waals surface area contributed by atoms with Gasteiger partial charge in [-0.15, -0.1) is 11.3 Å². The van der Waals surface area contributed by atoms with Crippen molar-refractivity contribution in [1.82, 2.24) is 5.32 Å². The number of hydrogen-bond donors (Lipinski definition) is 2. The lowest BCUT2D eigenvalue weighted by molar-refractivity contribution is 0.0906. The van der Waals surface area contributed by atoms with Gasteiger partial charge in [-0.05, 0) is 31.9 Å². The minimum Gasteiger partial charge on any atom is -0.397 e. The molecule has 1 heterocycles. The van der Waals surface area contributed by atoms with Gasteiger partial charge in [-0.2, -0.15) is 0 Å². The minimum atomic E-state index is -0.184. The molecule has 1 amide bonds. The molecule has 0 unspecified atom stereocenters. The Hall–Kier alpha value is -1.07. The number of nitrogens with two attached hydrogens (primary N) is 1. The zero-order valence-electron chi connectivity index (χ0n) is 11.9. The van der Waals surface area contributed by atoms with E-state index in [1.807, 2.05) is 18.2 Å². The molecular weight excluding hydrogens is 336 g/mol. The van der Waals surface area contributed by atoms with Crippen LogP contribution >= 0.6 is 27.3 Å². The van der Waals surface area contributed by atoms with Gasteiger partial charge in [0.05, 0.1) is 5.69 Å². The fourth-order valence-corrected chi connectivity index (χ4v) is 3.81. The molecule has 0 aliphatic rings. The van der Waals surface area contributed by atoms with Gasteiger partial charge in [-0.25, -0.2) is 0 Å². The van der Waals surface area contributed by atoms with E-state index in [2.05, 4.69) is 42.0 Å². The smallest absolute Gasteiger partial charge is 0.263 e. The van der Waals surface area contributed by atoms with E-state index in [1.165, 1.54) is 11.3 Å². The number of benzene rings is 1. The number of fused-ring (bicyclic) bond motifs is 1. The molecule has 1 aromatic heterocycles. The maximum Gasteiger partial charge on any atom is 0.263 e. The number of carbonyl (C=O) groups excluding carboxylic acids is 1. The third-order valence-corrected chi connectivity index (χ3v) is 5.71. The molecule has 0 atom stereocenters. The highest BCUT2D eigenvalue weighted by Crippen LogP contribution is 2.38. The van der Waals surface area contributed by atoms with Crippen molar-refractivity contribution in [2.24, 2.45) is 0 Å². The number of nitrogen functional groups attached to an aromatic ring is 1. The van der Waals surface area contributed by atoms with Crippen LogP contribution in [0.15, 0.2) is 22.7 Å². The standard InChI is InChI=1S/C15H19BrN2OS/c1-4-15(3,5-2)18-14(19)13-12(17)11-9(16)7-6-8-10(11)20-13/h6-8H,4-5,17H2,1-3H3,(H,18,19). The zero-order valence-corrected chi connectivity index (χ0v) is 14.3. The second kappa shape index (κ2) is 5.74. The van der Waals surface area contributed by atoms with Crippen LogP contribution in [0.2, 0.25) is 0 Å². The van der Waals surface area contributed by atoms with E-state index in [-0.39, 0.29) is 11.4 Å². The molecule has 0 bridgehead atoms. The molecule has 3 nitrogen and oxygen atoms in total. The van der Waals surface area contributed by atoms with Crippen LogP contribution in [0.1, 0.15) is 43.3 Å². The van der Waals surface area contributed by atoms with Gasteiger partial charge < -0.3 is 11.1 Å². The van der Waals surface area contributed by atoms with Crippen LogP contribution in [0, 0.1) is 0 Å². The predicted octanol–water partition coefficient (Wildman–Crippen LogP) is 4.55. The summed E-state index contributed by atoms with van der Waals surface area (Å²) in [6, 6.07) is 5.87. The topological polar surface area (TPSA) is 55.1 Å². The van der Waals surface area contributed by atoms with Crippen LogP contribution in [0.25, 0.3) is 10.1 Å². The van der Waals surface area contributed by atoms with Crippen LogP contribution in [0.3, 0.4) is 0 Å². The first kappa shape index (κ1) is 15.3. The van der Waals surface area contributed by atoms with Crippen molar-refractivity contribution in [3.63, 3.8) is 0 Å². The van der Waals surface area contributed by atoms with E-state index in [4.69, 9.17) is 5.73 Å². The Bertz CT molecular complexity index is 647. The molecule has 0 fully saturated rings. The van der Waals surface area contributed by atoms with Crippen molar-refractivity contribution in [2.45, 2.75) is 39.2 Å². The average molecular weight is 355 g/mol. The molecule has 0 saturated heterocycles. The predicted molar refractivity (Wildman–Crippen MR) is 90.4 cm³/mol. The van der Waals surface area contributed by atoms with E-state index in [9.17, 15) is 4.79 Å². The van der Waals surface area contributed by atoms with Gasteiger partial charge in [-0.3, -0.25) is 4.79 Å². The molecule has 0 radical (unpaired) electrons. The monoisotopic (exact) mass is 354 g/mol. The Kier molecular flexibility index (Phi) is 4.39. The molecule has 2 rings (SSSR count). The summed E-state index contributed by atoms with van der Waals surface area (Å²) in [5.74, 6) is -0.0817. The minimum absolute atomic E-state index is 0.0817. The normalized spacial score (nSPS) is 11.8. The fourth-order valence-electron chi connectivity index (χ4n) is 2.06.